The molecule has 0 fully saturated rings. The van der Waals surface area contributed by atoms with E-state index in [0.29, 0.717) is 18.4 Å². The minimum absolute atomic E-state index is 0.0230. The maximum atomic E-state index is 13.6. The lowest BCUT2D eigenvalue weighted by atomic mass is 10.1. The lowest BCUT2D eigenvalue weighted by Gasteiger charge is -2.08. The number of carbonyl (C=O) groups excluding carboxylic acids is 1. The van der Waals surface area contributed by atoms with E-state index in [1.807, 2.05) is 25.1 Å². The number of rotatable bonds is 5. The number of benzene rings is 2. The highest BCUT2D eigenvalue weighted by atomic mass is 19.1. The van der Waals surface area contributed by atoms with Gasteiger partial charge in [-0.2, -0.15) is 0 Å². The minimum Gasteiger partial charge on any atom is -0.365 e. The number of aromatic nitrogens is 2. The molecule has 0 saturated carbocycles. The molecule has 0 radical (unpaired) electrons. The maximum Gasteiger partial charge on any atom is 0.276 e. The Balaban J connectivity index is 1.62. The molecule has 7 heteroatoms. The molecule has 0 unspecified atom stereocenters. The maximum absolute atomic E-state index is 13.6. The van der Waals surface area contributed by atoms with Crippen LogP contribution in [0, 0.1) is 18.6 Å². The van der Waals surface area contributed by atoms with Gasteiger partial charge in [0.05, 0.1) is 5.69 Å². The van der Waals surface area contributed by atoms with Crippen LogP contribution in [0.15, 0.2) is 54.6 Å². The summed E-state index contributed by atoms with van der Waals surface area (Å²) in [5.41, 5.74) is 2.16. The molecule has 0 atom stereocenters. The fourth-order valence-electron chi connectivity index (χ4n) is 2.34. The standard InChI is InChI=1S/C19H16F2N4O/c1-12-3-2-4-13(9-12)11-22-18-8-7-17(24-25-18)19(26)23-16-6-5-14(20)10-15(16)21/h2-10H,11H2,1H3,(H,22,25)(H,23,26). The topological polar surface area (TPSA) is 66.9 Å². The zero-order chi connectivity index (χ0) is 18.5. The molecule has 0 aliphatic heterocycles. The summed E-state index contributed by atoms with van der Waals surface area (Å²) in [5.74, 6) is -1.70. The second kappa shape index (κ2) is 7.69. The van der Waals surface area contributed by atoms with Crippen molar-refractivity contribution in [3.05, 3.63) is 83.1 Å². The molecular formula is C19H16F2N4O. The average Bonchev–Trinajstić information content (AvgIpc) is 2.63. The van der Waals surface area contributed by atoms with Crippen molar-refractivity contribution in [3.8, 4) is 0 Å². The van der Waals surface area contributed by atoms with E-state index in [-0.39, 0.29) is 11.4 Å². The predicted molar refractivity (Wildman–Crippen MR) is 94.8 cm³/mol. The first kappa shape index (κ1) is 17.5. The smallest absolute Gasteiger partial charge is 0.276 e. The van der Waals surface area contributed by atoms with Gasteiger partial charge in [-0.1, -0.05) is 29.8 Å². The van der Waals surface area contributed by atoms with Crippen LogP contribution in [0.1, 0.15) is 21.6 Å². The van der Waals surface area contributed by atoms with Crippen LogP contribution in [0.3, 0.4) is 0 Å². The Morgan fingerprint density at radius 1 is 1.04 bits per heavy atom. The molecule has 0 saturated heterocycles. The molecular weight excluding hydrogens is 338 g/mol. The largest absolute Gasteiger partial charge is 0.365 e. The van der Waals surface area contributed by atoms with E-state index in [2.05, 4.69) is 26.9 Å². The number of aryl methyl sites for hydroxylation is 1. The summed E-state index contributed by atoms with van der Waals surface area (Å²) in [5, 5.41) is 13.2. The van der Waals surface area contributed by atoms with Crippen LogP contribution in [0.5, 0.6) is 0 Å². The first-order chi connectivity index (χ1) is 12.5. The Morgan fingerprint density at radius 2 is 1.88 bits per heavy atom. The summed E-state index contributed by atoms with van der Waals surface area (Å²) in [6.45, 7) is 2.59. The molecule has 26 heavy (non-hydrogen) atoms. The molecule has 0 aliphatic carbocycles. The molecule has 3 rings (SSSR count). The van der Waals surface area contributed by atoms with Crippen LogP contribution in [0.25, 0.3) is 0 Å². The van der Waals surface area contributed by atoms with Crippen molar-refractivity contribution in [1.29, 1.82) is 0 Å². The van der Waals surface area contributed by atoms with E-state index in [1.54, 1.807) is 6.07 Å². The van der Waals surface area contributed by atoms with Crippen LogP contribution in [-0.2, 0) is 6.54 Å². The van der Waals surface area contributed by atoms with Crippen LogP contribution < -0.4 is 10.6 Å². The van der Waals surface area contributed by atoms with Crippen molar-refractivity contribution in [2.45, 2.75) is 13.5 Å². The van der Waals surface area contributed by atoms with Crippen molar-refractivity contribution in [2.75, 3.05) is 10.6 Å². The van der Waals surface area contributed by atoms with E-state index in [1.165, 1.54) is 6.07 Å². The summed E-state index contributed by atoms with van der Waals surface area (Å²) < 4.78 is 26.5. The SMILES string of the molecule is Cc1cccc(CNc2ccc(C(=O)Nc3ccc(F)cc3F)nn2)c1. The molecule has 1 amide bonds. The van der Waals surface area contributed by atoms with E-state index in [4.69, 9.17) is 0 Å². The fraction of sp³-hybridized carbons (Fsp3) is 0.105. The molecule has 0 bridgehead atoms. The highest BCUT2D eigenvalue weighted by Gasteiger charge is 2.12. The Bertz CT molecular complexity index is 929. The zero-order valence-electron chi connectivity index (χ0n) is 14.0. The second-order valence-corrected chi connectivity index (χ2v) is 5.72. The molecule has 0 spiro atoms. The van der Waals surface area contributed by atoms with E-state index < -0.39 is 17.5 Å². The predicted octanol–water partition coefficient (Wildman–Crippen LogP) is 3.93. The number of anilines is 2. The highest BCUT2D eigenvalue weighted by Crippen LogP contribution is 2.16. The van der Waals surface area contributed by atoms with Gasteiger partial charge in [0.2, 0.25) is 0 Å². The first-order valence-corrected chi connectivity index (χ1v) is 7.91. The zero-order valence-corrected chi connectivity index (χ0v) is 14.0. The normalized spacial score (nSPS) is 10.4. The number of hydrogen-bond acceptors (Lipinski definition) is 4. The third-order valence-corrected chi connectivity index (χ3v) is 3.63. The molecule has 1 aromatic heterocycles. The van der Waals surface area contributed by atoms with Gasteiger partial charge in [-0.3, -0.25) is 4.79 Å². The van der Waals surface area contributed by atoms with Crippen LogP contribution >= 0.6 is 0 Å². The van der Waals surface area contributed by atoms with Crippen molar-refractivity contribution in [2.24, 2.45) is 0 Å². The highest BCUT2D eigenvalue weighted by molar-refractivity contribution is 6.02. The number of nitrogens with zero attached hydrogens (tertiary/aromatic N) is 2. The number of amides is 1. The van der Waals surface area contributed by atoms with Gasteiger partial charge in [0.25, 0.3) is 5.91 Å². The van der Waals surface area contributed by atoms with Crippen molar-refractivity contribution in [1.82, 2.24) is 10.2 Å². The van der Waals surface area contributed by atoms with E-state index in [9.17, 15) is 13.6 Å². The molecule has 3 aromatic rings. The molecule has 2 N–H and O–H groups in total. The first-order valence-electron chi connectivity index (χ1n) is 7.91. The van der Waals surface area contributed by atoms with Gasteiger partial charge in [-0.15, -0.1) is 10.2 Å². The lowest BCUT2D eigenvalue weighted by Crippen LogP contribution is -2.15. The van der Waals surface area contributed by atoms with E-state index >= 15 is 0 Å². The third-order valence-electron chi connectivity index (χ3n) is 3.63. The monoisotopic (exact) mass is 354 g/mol. The molecule has 2 aromatic carbocycles. The quantitative estimate of drug-likeness (QED) is 0.729. The van der Waals surface area contributed by atoms with Crippen LogP contribution in [0.2, 0.25) is 0 Å². The van der Waals surface area contributed by atoms with Gasteiger partial charge in [-0.25, -0.2) is 8.78 Å². The van der Waals surface area contributed by atoms with Gasteiger partial charge in [0.15, 0.2) is 5.69 Å². The molecule has 132 valence electrons. The molecule has 5 nitrogen and oxygen atoms in total. The number of carbonyl (C=O) groups is 1. The second-order valence-electron chi connectivity index (χ2n) is 5.72. The van der Waals surface area contributed by atoms with Gasteiger partial charge in [0.1, 0.15) is 17.5 Å². The fourth-order valence-corrected chi connectivity index (χ4v) is 2.34. The summed E-state index contributed by atoms with van der Waals surface area (Å²) in [7, 11) is 0. The average molecular weight is 354 g/mol. The van der Waals surface area contributed by atoms with Gasteiger partial charge in [0, 0.05) is 12.6 Å². The Hall–Kier alpha value is -3.35. The van der Waals surface area contributed by atoms with Gasteiger partial charge >= 0.3 is 0 Å². The number of halogens is 2. The molecule has 0 aliphatic rings. The van der Waals surface area contributed by atoms with E-state index in [0.717, 1.165) is 23.3 Å². The summed E-state index contributed by atoms with van der Waals surface area (Å²) >= 11 is 0. The number of nitrogens with one attached hydrogen (secondary N) is 2. The lowest BCUT2D eigenvalue weighted by molar-refractivity contribution is 0.102. The van der Waals surface area contributed by atoms with Gasteiger partial charge < -0.3 is 10.6 Å². The van der Waals surface area contributed by atoms with Crippen molar-refractivity contribution >= 4 is 17.4 Å². The summed E-state index contributed by atoms with van der Waals surface area (Å²) in [6, 6.07) is 14.0. The molecule has 1 heterocycles. The van der Waals surface area contributed by atoms with Gasteiger partial charge in [-0.05, 0) is 36.8 Å². The Labute approximate surface area is 149 Å². The number of hydrogen-bond donors (Lipinski definition) is 2. The van der Waals surface area contributed by atoms with Crippen LogP contribution in [0.4, 0.5) is 20.3 Å². The van der Waals surface area contributed by atoms with Crippen molar-refractivity contribution < 1.29 is 13.6 Å². The van der Waals surface area contributed by atoms with Crippen molar-refractivity contribution in [3.63, 3.8) is 0 Å². The third kappa shape index (κ3) is 4.38. The summed E-state index contributed by atoms with van der Waals surface area (Å²) in [4.78, 5) is 12.1. The van der Waals surface area contributed by atoms with Crippen LogP contribution in [-0.4, -0.2) is 16.1 Å². The Morgan fingerprint density at radius 3 is 2.58 bits per heavy atom. The Kier molecular flexibility index (Phi) is 5.17. The minimum atomic E-state index is -0.859. The summed E-state index contributed by atoms with van der Waals surface area (Å²) in [6.07, 6.45) is 0.